The van der Waals surface area contributed by atoms with Gasteiger partial charge in [0, 0.05) is 19.8 Å². The van der Waals surface area contributed by atoms with Crippen LogP contribution < -0.4 is 0 Å². The first-order valence-electron chi connectivity index (χ1n) is 3.99. The lowest BCUT2D eigenvalue weighted by Gasteiger charge is -2.19. The number of halogens is 1. The summed E-state index contributed by atoms with van der Waals surface area (Å²) in [4.78, 5) is 1.86. The summed E-state index contributed by atoms with van der Waals surface area (Å²) in [6.07, 6.45) is 0. The van der Waals surface area contributed by atoms with Crippen molar-refractivity contribution in [3.8, 4) is 0 Å². The molecule has 72 valence electrons. The molecule has 0 saturated carbocycles. The van der Waals surface area contributed by atoms with Gasteiger partial charge in [0.2, 0.25) is 0 Å². The summed E-state index contributed by atoms with van der Waals surface area (Å²) in [5.41, 5.74) is 0. The van der Waals surface area contributed by atoms with Crippen LogP contribution in [-0.2, 0) is 4.57 Å². The zero-order valence-electron chi connectivity index (χ0n) is 8.04. The van der Waals surface area contributed by atoms with Gasteiger partial charge in [-0.3, -0.25) is 4.57 Å². The van der Waals surface area contributed by atoms with Crippen molar-refractivity contribution >= 4 is 13.4 Å². The molecular weight excluding hydrogens is 178 g/mol. The van der Waals surface area contributed by atoms with E-state index in [0.29, 0.717) is 5.84 Å². The second kappa shape index (κ2) is 4.61. The zero-order chi connectivity index (χ0) is 9.78. The summed E-state index contributed by atoms with van der Waals surface area (Å²) in [5.74, 6) is 0.508. The van der Waals surface area contributed by atoms with Gasteiger partial charge in [-0.2, -0.15) is 8.96 Å². The fourth-order valence-electron chi connectivity index (χ4n) is 1.00. The lowest BCUT2D eigenvalue weighted by atomic mass is 10.5. The second-order valence-corrected chi connectivity index (χ2v) is 4.35. The van der Waals surface area contributed by atoms with E-state index < -0.39 is 7.60 Å². The van der Waals surface area contributed by atoms with E-state index in [1.54, 1.807) is 6.92 Å². The van der Waals surface area contributed by atoms with Gasteiger partial charge in [-0.1, -0.05) is 0 Å². The quantitative estimate of drug-likeness (QED) is 0.393. The number of rotatable bonds is 3. The Kier molecular flexibility index (Phi) is 4.46. The summed E-state index contributed by atoms with van der Waals surface area (Å²) in [5, 5.41) is 0. The molecular formula is C7H16FN2OP. The van der Waals surface area contributed by atoms with E-state index in [4.69, 9.17) is 0 Å². The Balaban J connectivity index is 4.45. The summed E-state index contributed by atoms with van der Waals surface area (Å²) in [6.45, 7) is 8.09. The largest absolute Gasteiger partial charge is 0.361 e. The molecule has 0 aromatic rings. The molecule has 0 amide bonds. The Morgan fingerprint density at radius 3 is 2.17 bits per heavy atom. The lowest BCUT2D eigenvalue weighted by Crippen LogP contribution is -2.27. The molecule has 0 spiro atoms. The first-order valence-corrected chi connectivity index (χ1v) is 5.99. The van der Waals surface area contributed by atoms with Gasteiger partial charge < -0.3 is 4.90 Å². The Morgan fingerprint density at radius 1 is 1.50 bits per heavy atom. The van der Waals surface area contributed by atoms with E-state index in [0.717, 1.165) is 19.8 Å². The van der Waals surface area contributed by atoms with Gasteiger partial charge in [-0.05, 0) is 20.8 Å². The topological polar surface area (TPSA) is 32.7 Å². The van der Waals surface area contributed by atoms with Crippen LogP contribution in [0.1, 0.15) is 20.8 Å². The Morgan fingerprint density at radius 2 is 1.92 bits per heavy atom. The minimum absolute atomic E-state index is 0.508. The minimum atomic E-state index is -3.76. The van der Waals surface area contributed by atoms with Crippen molar-refractivity contribution in [1.82, 2.24) is 4.90 Å². The van der Waals surface area contributed by atoms with E-state index in [2.05, 4.69) is 4.76 Å². The highest BCUT2D eigenvalue weighted by atomic mass is 31.2. The van der Waals surface area contributed by atoms with Crippen molar-refractivity contribution < 1.29 is 8.76 Å². The molecule has 0 heterocycles. The molecule has 0 aliphatic rings. The van der Waals surface area contributed by atoms with Gasteiger partial charge in [0.25, 0.3) is 0 Å². The smallest absolute Gasteiger partial charge is 0.350 e. The maximum absolute atomic E-state index is 12.6. The Labute approximate surface area is 73.2 Å². The van der Waals surface area contributed by atoms with E-state index in [1.807, 2.05) is 18.7 Å². The van der Waals surface area contributed by atoms with Crippen molar-refractivity contribution in [2.45, 2.75) is 20.8 Å². The monoisotopic (exact) mass is 194 g/mol. The number of hydrogen-bond acceptors (Lipinski definition) is 1. The Bertz CT molecular complexity index is 207. The first-order chi connectivity index (χ1) is 5.40. The SMILES string of the molecule is CCN(CC)/C(C)=N\P(C)(=O)F. The van der Waals surface area contributed by atoms with Crippen molar-refractivity contribution in [3.05, 3.63) is 0 Å². The molecule has 3 nitrogen and oxygen atoms in total. The number of hydrogen-bond donors (Lipinski definition) is 0. The van der Waals surface area contributed by atoms with Gasteiger partial charge in [0.1, 0.15) is 5.84 Å². The lowest BCUT2D eigenvalue weighted by molar-refractivity contribution is 0.462. The molecule has 0 N–H and O–H groups in total. The van der Waals surface area contributed by atoms with Crippen LogP contribution >= 0.6 is 7.60 Å². The average molecular weight is 194 g/mol. The first kappa shape index (κ1) is 11.6. The number of nitrogens with zero attached hydrogens (tertiary/aromatic N) is 2. The molecule has 0 aromatic carbocycles. The third-order valence-electron chi connectivity index (χ3n) is 1.54. The van der Waals surface area contributed by atoms with Gasteiger partial charge in [-0.15, -0.1) is 0 Å². The summed E-state index contributed by atoms with van der Waals surface area (Å²) in [6, 6.07) is 0. The predicted molar refractivity (Wildman–Crippen MR) is 50.7 cm³/mol. The van der Waals surface area contributed by atoms with Gasteiger partial charge in [0.15, 0.2) is 0 Å². The molecule has 0 aromatic heterocycles. The van der Waals surface area contributed by atoms with Crippen LogP contribution in [0.25, 0.3) is 0 Å². The van der Waals surface area contributed by atoms with Gasteiger partial charge in [0.05, 0.1) is 0 Å². The molecule has 12 heavy (non-hydrogen) atoms. The van der Waals surface area contributed by atoms with E-state index in [-0.39, 0.29) is 0 Å². The van der Waals surface area contributed by atoms with E-state index >= 15 is 0 Å². The van der Waals surface area contributed by atoms with E-state index in [1.165, 1.54) is 0 Å². The highest BCUT2D eigenvalue weighted by Gasteiger charge is 2.11. The molecule has 0 aliphatic heterocycles. The fourth-order valence-corrected chi connectivity index (χ4v) is 1.65. The summed E-state index contributed by atoms with van der Waals surface area (Å²) < 4.78 is 26.8. The number of amidine groups is 1. The van der Waals surface area contributed by atoms with Crippen molar-refractivity contribution in [2.75, 3.05) is 19.8 Å². The Hall–Kier alpha value is -0.370. The third-order valence-corrected chi connectivity index (χ3v) is 2.19. The molecule has 0 fully saturated rings. The van der Waals surface area contributed by atoms with Gasteiger partial charge in [-0.25, -0.2) is 0 Å². The van der Waals surface area contributed by atoms with Crippen LogP contribution in [0.3, 0.4) is 0 Å². The van der Waals surface area contributed by atoms with Crippen molar-refractivity contribution in [1.29, 1.82) is 0 Å². The minimum Gasteiger partial charge on any atom is -0.361 e. The van der Waals surface area contributed by atoms with Crippen LogP contribution in [0, 0.1) is 0 Å². The molecule has 0 rings (SSSR count). The third kappa shape index (κ3) is 4.50. The highest BCUT2D eigenvalue weighted by molar-refractivity contribution is 7.56. The van der Waals surface area contributed by atoms with E-state index in [9.17, 15) is 8.76 Å². The van der Waals surface area contributed by atoms with Crippen LogP contribution in [0.4, 0.5) is 4.20 Å². The molecule has 0 saturated heterocycles. The maximum Gasteiger partial charge on any atom is 0.350 e. The molecule has 1 unspecified atom stereocenters. The van der Waals surface area contributed by atoms with Crippen LogP contribution in [0.15, 0.2) is 4.76 Å². The average Bonchev–Trinajstić information content (AvgIpc) is 1.85. The zero-order valence-corrected chi connectivity index (χ0v) is 8.94. The predicted octanol–water partition coefficient (Wildman–Crippen LogP) is 2.54. The fraction of sp³-hybridized carbons (Fsp3) is 0.857. The van der Waals surface area contributed by atoms with Crippen molar-refractivity contribution in [3.63, 3.8) is 0 Å². The van der Waals surface area contributed by atoms with Gasteiger partial charge >= 0.3 is 7.60 Å². The standard InChI is InChI=1S/C7H16FN2OP/c1-5-10(6-2)7(3)9-12(4,8)11/h5-6H2,1-4H3/b9-7-. The molecule has 5 heteroatoms. The summed E-state index contributed by atoms with van der Waals surface area (Å²) in [7, 11) is -3.76. The molecule has 0 bridgehead atoms. The highest BCUT2D eigenvalue weighted by Crippen LogP contribution is 2.44. The van der Waals surface area contributed by atoms with Crippen LogP contribution in [0.2, 0.25) is 0 Å². The van der Waals surface area contributed by atoms with Crippen LogP contribution in [0.5, 0.6) is 0 Å². The molecule has 1 atom stereocenters. The molecule has 0 aliphatic carbocycles. The van der Waals surface area contributed by atoms with Crippen LogP contribution in [-0.4, -0.2) is 30.5 Å². The normalized spacial score (nSPS) is 17.2. The summed E-state index contributed by atoms with van der Waals surface area (Å²) >= 11 is 0. The molecule has 0 radical (unpaired) electrons. The maximum atomic E-state index is 12.6. The second-order valence-electron chi connectivity index (χ2n) is 2.60. The van der Waals surface area contributed by atoms with Crippen molar-refractivity contribution in [2.24, 2.45) is 4.76 Å².